The van der Waals surface area contributed by atoms with Crippen molar-refractivity contribution in [3.8, 4) is 28.4 Å². The number of nitrogens with one attached hydrogen (secondary N) is 1. The highest BCUT2D eigenvalue weighted by Crippen LogP contribution is 2.51. The zero-order valence-electron chi connectivity index (χ0n) is 18.3. The Morgan fingerprint density at radius 2 is 1.76 bits per heavy atom. The van der Waals surface area contributed by atoms with E-state index in [0.717, 1.165) is 29.5 Å². The number of amides is 1. The predicted molar refractivity (Wildman–Crippen MR) is 122 cm³/mol. The molecule has 3 aromatic rings. The number of carboxylic acids is 1. The quantitative estimate of drug-likeness (QED) is 0.568. The largest absolute Gasteiger partial charge is 0.497 e. The number of rotatable bonds is 6. The smallest absolute Gasteiger partial charge is 0.336 e. The second-order valence-electron chi connectivity index (χ2n) is 8.35. The van der Waals surface area contributed by atoms with Crippen LogP contribution < -0.4 is 19.5 Å². The Balaban J connectivity index is 1.45. The minimum atomic E-state index is -1.04. The molecule has 2 N–H and O–H groups in total. The summed E-state index contributed by atoms with van der Waals surface area (Å²) in [6.07, 6.45) is 1.50. The van der Waals surface area contributed by atoms with Crippen molar-refractivity contribution in [3.63, 3.8) is 0 Å². The molecular formula is C26H23NO6. The lowest BCUT2D eigenvalue weighted by atomic mass is 9.93. The van der Waals surface area contributed by atoms with Crippen LogP contribution in [-0.4, -0.2) is 30.9 Å². The molecule has 3 aromatic carbocycles. The number of carbonyl (C=O) groups excluding carboxylic acids is 1. The zero-order valence-corrected chi connectivity index (χ0v) is 18.3. The third-order valence-electron chi connectivity index (χ3n) is 6.35. The van der Waals surface area contributed by atoms with E-state index >= 15 is 0 Å². The van der Waals surface area contributed by atoms with Crippen molar-refractivity contribution in [2.75, 3.05) is 19.2 Å². The van der Waals surface area contributed by atoms with Gasteiger partial charge in [0.25, 0.3) is 0 Å². The van der Waals surface area contributed by atoms with Gasteiger partial charge in [-0.2, -0.15) is 0 Å². The van der Waals surface area contributed by atoms with Gasteiger partial charge in [-0.05, 0) is 84.5 Å². The molecule has 1 fully saturated rings. The van der Waals surface area contributed by atoms with Crippen LogP contribution in [0, 0.1) is 6.92 Å². The summed E-state index contributed by atoms with van der Waals surface area (Å²) >= 11 is 0. The Labute approximate surface area is 190 Å². The van der Waals surface area contributed by atoms with Crippen LogP contribution in [0.3, 0.4) is 0 Å². The lowest BCUT2D eigenvalue weighted by Gasteiger charge is -2.18. The molecule has 1 heterocycles. The normalized spacial score (nSPS) is 15.1. The van der Waals surface area contributed by atoms with Gasteiger partial charge in [0.2, 0.25) is 12.7 Å². The first kappa shape index (κ1) is 20.9. The molecule has 1 saturated carbocycles. The number of methoxy groups -OCH3 is 1. The molecule has 33 heavy (non-hydrogen) atoms. The van der Waals surface area contributed by atoms with Crippen molar-refractivity contribution in [1.29, 1.82) is 0 Å². The standard InChI is InChI=1S/C26H23NO6/c1-15-3-5-17(12-20(15)19-7-6-18(31-2)13-21(19)24(28)29)27-25(30)26(9-10-26)16-4-8-22-23(11-16)33-14-32-22/h3-8,11-13H,9-10,14H2,1-2H3,(H,27,30)(H,28,29). The van der Waals surface area contributed by atoms with Crippen LogP contribution in [-0.2, 0) is 10.2 Å². The van der Waals surface area contributed by atoms with E-state index in [0.29, 0.717) is 28.5 Å². The first-order chi connectivity index (χ1) is 15.9. The lowest BCUT2D eigenvalue weighted by molar-refractivity contribution is -0.118. The van der Waals surface area contributed by atoms with E-state index in [9.17, 15) is 14.7 Å². The van der Waals surface area contributed by atoms with Crippen LogP contribution in [0.1, 0.15) is 34.3 Å². The number of carboxylic acid groups (broad SMARTS) is 1. The van der Waals surface area contributed by atoms with Gasteiger partial charge in [-0.15, -0.1) is 0 Å². The van der Waals surface area contributed by atoms with Crippen molar-refractivity contribution < 1.29 is 28.9 Å². The molecule has 5 rings (SSSR count). The molecule has 7 nitrogen and oxygen atoms in total. The minimum absolute atomic E-state index is 0.0932. The van der Waals surface area contributed by atoms with Gasteiger partial charge in [0, 0.05) is 5.69 Å². The summed E-state index contributed by atoms with van der Waals surface area (Å²) in [5.74, 6) is 0.677. The van der Waals surface area contributed by atoms with Crippen LogP contribution in [0.15, 0.2) is 54.6 Å². The predicted octanol–water partition coefficient (Wildman–Crippen LogP) is 4.77. The Morgan fingerprint density at radius 1 is 0.970 bits per heavy atom. The van der Waals surface area contributed by atoms with Crippen molar-refractivity contribution in [1.82, 2.24) is 0 Å². The number of ether oxygens (including phenoxy) is 3. The van der Waals surface area contributed by atoms with Gasteiger partial charge in [-0.1, -0.05) is 12.1 Å². The second kappa shape index (κ2) is 7.85. The Bertz CT molecular complexity index is 1280. The molecule has 0 radical (unpaired) electrons. The number of aryl methyl sites for hydroxylation is 1. The number of hydrogen-bond acceptors (Lipinski definition) is 5. The van der Waals surface area contributed by atoms with Gasteiger partial charge in [0.15, 0.2) is 11.5 Å². The Morgan fingerprint density at radius 3 is 2.48 bits per heavy atom. The molecule has 1 amide bonds. The molecule has 7 heteroatoms. The topological polar surface area (TPSA) is 94.1 Å². The Kier molecular flexibility index (Phi) is 4.96. The molecule has 0 saturated heterocycles. The summed E-state index contributed by atoms with van der Waals surface area (Å²) in [5.41, 5.74) is 3.25. The number of carbonyl (C=O) groups is 2. The van der Waals surface area contributed by atoms with Crippen LogP contribution >= 0.6 is 0 Å². The van der Waals surface area contributed by atoms with Crippen LogP contribution in [0.4, 0.5) is 5.69 Å². The highest BCUT2D eigenvalue weighted by Gasteiger charge is 2.51. The van der Waals surface area contributed by atoms with E-state index in [1.165, 1.54) is 13.2 Å². The first-order valence-electron chi connectivity index (χ1n) is 10.7. The number of hydrogen-bond donors (Lipinski definition) is 2. The third-order valence-corrected chi connectivity index (χ3v) is 6.35. The van der Waals surface area contributed by atoms with E-state index in [-0.39, 0.29) is 18.3 Å². The molecule has 0 aromatic heterocycles. The van der Waals surface area contributed by atoms with Gasteiger partial charge in [-0.3, -0.25) is 4.79 Å². The molecule has 0 bridgehead atoms. The van der Waals surface area contributed by atoms with Crippen LogP contribution in [0.5, 0.6) is 17.2 Å². The SMILES string of the molecule is COc1ccc(-c2cc(NC(=O)C3(c4ccc5c(c4)OCO5)CC3)ccc2C)c(C(=O)O)c1. The number of anilines is 1. The molecule has 168 valence electrons. The highest BCUT2D eigenvalue weighted by molar-refractivity contribution is 6.02. The molecule has 0 unspecified atom stereocenters. The average molecular weight is 445 g/mol. The molecule has 2 aliphatic rings. The van der Waals surface area contributed by atoms with Crippen LogP contribution in [0.25, 0.3) is 11.1 Å². The summed E-state index contributed by atoms with van der Waals surface area (Å²) in [4.78, 5) is 25.2. The summed E-state index contributed by atoms with van der Waals surface area (Å²) in [7, 11) is 1.50. The third kappa shape index (κ3) is 3.65. The zero-order chi connectivity index (χ0) is 23.2. The molecule has 0 spiro atoms. The fraction of sp³-hybridized carbons (Fsp3) is 0.231. The number of fused-ring (bicyclic) bond motifs is 1. The van der Waals surface area contributed by atoms with Gasteiger partial charge < -0.3 is 24.6 Å². The number of aromatic carboxylic acids is 1. The summed E-state index contributed by atoms with van der Waals surface area (Å²) in [6.45, 7) is 2.10. The molecule has 0 atom stereocenters. The van der Waals surface area contributed by atoms with E-state index in [1.54, 1.807) is 12.1 Å². The fourth-order valence-corrected chi connectivity index (χ4v) is 4.27. The van der Waals surface area contributed by atoms with Gasteiger partial charge in [-0.25, -0.2) is 4.79 Å². The molecular weight excluding hydrogens is 422 g/mol. The van der Waals surface area contributed by atoms with E-state index < -0.39 is 11.4 Å². The first-order valence-corrected chi connectivity index (χ1v) is 10.7. The highest BCUT2D eigenvalue weighted by atomic mass is 16.7. The van der Waals surface area contributed by atoms with Crippen LogP contribution in [0.2, 0.25) is 0 Å². The van der Waals surface area contributed by atoms with E-state index in [2.05, 4.69) is 5.32 Å². The lowest BCUT2D eigenvalue weighted by Crippen LogP contribution is -2.27. The second-order valence-corrected chi connectivity index (χ2v) is 8.35. The molecule has 1 aliphatic carbocycles. The molecule has 1 aliphatic heterocycles. The monoisotopic (exact) mass is 445 g/mol. The van der Waals surface area contributed by atoms with E-state index in [4.69, 9.17) is 14.2 Å². The maximum absolute atomic E-state index is 13.3. The maximum atomic E-state index is 13.3. The van der Waals surface area contributed by atoms with Crippen molar-refractivity contribution >= 4 is 17.6 Å². The summed E-state index contributed by atoms with van der Waals surface area (Å²) in [5, 5.41) is 12.8. The van der Waals surface area contributed by atoms with Crippen molar-refractivity contribution in [2.45, 2.75) is 25.2 Å². The maximum Gasteiger partial charge on any atom is 0.336 e. The van der Waals surface area contributed by atoms with Gasteiger partial charge in [0.05, 0.1) is 18.1 Å². The average Bonchev–Trinajstić information content (AvgIpc) is 3.50. The summed E-state index contributed by atoms with van der Waals surface area (Å²) < 4.78 is 16.0. The fourth-order valence-electron chi connectivity index (χ4n) is 4.27. The minimum Gasteiger partial charge on any atom is -0.497 e. The van der Waals surface area contributed by atoms with Gasteiger partial charge >= 0.3 is 5.97 Å². The van der Waals surface area contributed by atoms with Crippen molar-refractivity contribution in [3.05, 3.63) is 71.3 Å². The van der Waals surface area contributed by atoms with E-state index in [1.807, 2.05) is 43.3 Å². The Hall–Kier alpha value is -4.00. The van der Waals surface area contributed by atoms with Crippen molar-refractivity contribution in [2.24, 2.45) is 0 Å². The number of benzene rings is 3. The summed E-state index contributed by atoms with van der Waals surface area (Å²) in [6, 6.07) is 16.1. The van der Waals surface area contributed by atoms with Gasteiger partial charge in [0.1, 0.15) is 5.75 Å².